The quantitative estimate of drug-likeness (QED) is 0.798. The molecule has 0 unspecified atom stereocenters. The van der Waals surface area contributed by atoms with Crippen LogP contribution in [0.25, 0.3) is 0 Å². The van der Waals surface area contributed by atoms with Gasteiger partial charge in [-0.05, 0) is 55.2 Å². The molecule has 0 spiro atoms. The van der Waals surface area contributed by atoms with E-state index in [1.165, 1.54) is 25.0 Å². The molecule has 5 heteroatoms. The number of anilines is 1. The van der Waals surface area contributed by atoms with E-state index in [1.807, 2.05) is 17.0 Å². The molecular weight excluding hydrogens is 339 g/mol. The summed E-state index contributed by atoms with van der Waals surface area (Å²) >= 11 is 0. The van der Waals surface area contributed by atoms with Gasteiger partial charge in [-0.1, -0.05) is 31.0 Å². The maximum Gasteiger partial charge on any atom is 0.254 e. The van der Waals surface area contributed by atoms with E-state index in [0.29, 0.717) is 23.8 Å². The van der Waals surface area contributed by atoms with Crippen molar-refractivity contribution in [3.8, 4) is 0 Å². The van der Waals surface area contributed by atoms with Crippen molar-refractivity contribution in [2.45, 2.75) is 38.1 Å². The highest BCUT2D eigenvalue weighted by atomic mass is 35.5. The molecule has 25 heavy (non-hydrogen) atoms. The Kier molecular flexibility index (Phi) is 6.82. The summed E-state index contributed by atoms with van der Waals surface area (Å²) in [5.41, 5.74) is 8.11. The third-order valence-electron chi connectivity index (χ3n) is 4.71. The second-order valence-corrected chi connectivity index (χ2v) is 6.44. The Hall–Kier alpha value is -2.07. The van der Waals surface area contributed by atoms with E-state index in [0.717, 1.165) is 24.8 Å². The van der Waals surface area contributed by atoms with E-state index in [2.05, 4.69) is 0 Å². The first kappa shape index (κ1) is 19.3. The summed E-state index contributed by atoms with van der Waals surface area (Å²) < 4.78 is 13.0. The minimum Gasteiger partial charge on any atom is -0.399 e. The molecule has 1 saturated carbocycles. The Morgan fingerprint density at radius 2 is 1.80 bits per heavy atom. The average Bonchev–Trinajstić information content (AvgIpc) is 3.11. The standard InChI is InChI=1S/C20H23FN2O.ClH/c21-17-10-8-15(9-11-17)12-13-23(19-6-1-2-7-19)20(24)16-4-3-5-18(22)14-16;/h3-5,8-11,14,19H,1-2,6-7,12-13,22H2;1H. The molecule has 0 heterocycles. The van der Waals surface area contributed by atoms with E-state index in [4.69, 9.17) is 5.73 Å². The van der Waals surface area contributed by atoms with Crippen LogP contribution < -0.4 is 5.73 Å². The molecule has 1 aliphatic carbocycles. The van der Waals surface area contributed by atoms with Crippen LogP contribution in [0.5, 0.6) is 0 Å². The van der Waals surface area contributed by atoms with Crippen molar-refractivity contribution in [3.63, 3.8) is 0 Å². The highest BCUT2D eigenvalue weighted by Crippen LogP contribution is 2.25. The van der Waals surface area contributed by atoms with Gasteiger partial charge in [-0.15, -0.1) is 12.4 Å². The second kappa shape index (κ2) is 8.86. The summed E-state index contributed by atoms with van der Waals surface area (Å²) in [5.74, 6) is -0.196. The molecule has 134 valence electrons. The Labute approximate surface area is 154 Å². The highest BCUT2D eigenvalue weighted by molar-refractivity contribution is 5.95. The number of nitrogen functional groups attached to an aromatic ring is 1. The molecule has 0 aromatic heterocycles. The van der Waals surface area contributed by atoms with Crippen LogP contribution in [0.1, 0.15) is 41.6 Å². The van der Waals surface area contributed by atoms with E-state index in [-0.39, 0.29) is 24.1 Å². The van der Waals surface area contributed by atoms with Gasteiger partial charge in [0.2, 0.25) is 0 Å². The van der Waals surface area contributed by atoms with E-state index >= 15 is 0 Å². The SMILES string of the molecule is Cl.Nc1cccc(C(=O)N(CCc2ccc(F)cc2)C2CCCC2)c1. The Bertz CT molecular complexity index is 699. The monoisotopic (exact) mass is 362 g/mol. The lowest BCUT2D eigenvalue weighted by Gasteiger charge is -2.29. The Balaban J connectivity index is 0.00000225. The number of nitrogens with two attached hydrogens (primary N) is 1. The number of rotatable bonds is 5. The average molecular weight is 363 g/mol. The van der Waals surface area contributed by atoms with Crippen LogP contribution in [0.3, 0.4) is 0 Å². The fourth-order valence-electron chi connectivity index (χ4n) is 3.40. The molecule has 3 nitrogen and oxygen atoms in total. The molecule has 1 fully saturated rings. The van der Waals surface area contributed by atoms with Crippen molar-refractivity contribution < 1.29 is 9.18 Å². The van der Waals surface area contributed by atoms with Crippen LogP contribution in [0.15, 0.2) is 48.5 Å². The van der Waals surface area contributed by atoms with Crippen LogP contribution in [0, 0.1) is 5.82 Å². The lowest BCUT2D eigenvalue weighted by molar-refractivity contribution is 0.0684. The fraction of sp³-hybridized carbons (Fsp3) is 0.350. The molecule has 0 saturated heterocycles. The molecule has 0 bridgehead atoms. The number of amides is 1. The molecule has 0 aliphatic heterocycles. The van der Waals surface area contributed by atoms with Crippen LogP contribution in [-0.2, 0) is 6.42 Å². The van der Waals surface area contributed by atoms with E-state index < -0.39 is 0 Å². The van der Waals surface area contributed by atoms with Gasteiger partial charge in [0, 0.05) is 23.8 Å². The molecule has 0 atom stereocenters. The smallest absolute Gasteiger partial charge is 0.254 e. The van der Waals surface area contributed by atoms with Gasteiger partial charge in [0.25, 0.3) is 5.91 Å². The molecule has 0 radical (unpaired) electrons. The van der Waals surface area contributed by atoms with Crippen LogP contribution in [0.2, 0.25) is 0 Å². The van der Waals surface area contributed by atoms with Crippen molar-refractivity contribution in [1.82, 2.24) is 4.90 Å². The molecule has 2 aromatic carbocycles. The van der Waals surface area contributed by atoms with Gasteiger partial charge in [0.05, 0.1) is 0 Å². The summed E-state index contributed by atoms with van der Waals surface area (Å²) in [6, 6.07) is 14.0. The second-order valence-electron chi connectivity index (χ2n) is 6.44. The summed E-state index contributed by atoms with van der Waals surface area (Å²) in [4.78, 5) is 14.9. The van der Waals surface area contributed by atoms with Crippen molar-refractivity contribution >= 4 is 24.0 Å². The highest BCUT2D eigenvalue weighted by Gasteiger charge is 2.27. The Morgan fingerprint density at radius 3 is 2.44 bits per heavy atom. The molecule has 2 N–H and O–H groups in total. The number of benzene rings is 2. The predicted octanol–water partition coefficient (Wildman–Crippen LogP) is 4.46. The first-order chi connectivity index (χ1) is 11.6. The van der Waals surface area contributed by atoms with Crippen LogP contribution in [-0.4, -0.2) is 23.4 Å². The predicted molar refractivity (Wildman–Crippen MR) is 101 cm³/mol. The third kappa shape index (κ3) is 4.95. The topological polar surface area (TPSA) is 46.3 Å². The van der Waals surface area contributed by atoms with Crippen LogP contribution in [0.4, 0.5) is 10.1 Å². The molecule has 3 rings (SSSR count). The minimum absolute atomic E-state index is 0. The van der Waals surface area contributed by atoms with Crippen molar-refractivity contribution in [3.05, 3.63) is 65.5 Å². The number of hydrogen-bond acceptors (Lipinski definition) is 2. The maximum absolute atomic E-state index is 13.0. The minimum atomic E-state index is -0.234. The van der Waals surface area contributed by atoms with Crippen LogP contribution >= 0.6 is 12.4 Å². The lowest BCUT2D eigenvalue weighted by Crippen LogP contribution is -2.40. The van der Waals surface area contributed by atoms with Gasteiger partial charge in [0.1, 0.15) is 5.82 Å². The van der Waals surface area contributed by atoms with Gasteiger partial charge < -0.3 is 10.6 Å². The first-order valence-corrected chi connectivity index (χ1v) is 8.54. The number of nitrogens with zero attached hydrogens (tertiary/aromatic N) is 1. The van der Waals surface area contributed by atoms with E-state index in [1.54, 1.807) is 24.3 Å². The van der Waals surface area contributed by atoms with Gasteiger partial charge in [-0.3, -0.25) is 4.79 Å². The normalized spacial score (nSPS) is 14.1. The number of carbonyl (C=O) groups is 1. The molecule has 1 amide bonds. The van der Waals surface area contributed by atoms with Crippen molar-refractivity contribution in [1.29, 1.82) is 0 Å². The summed E-state index contributed by atoms with van der Waals surface area (Å²) in [7, 11) is 0. The van der Waals surface area contributed by atoms with Gasteiger partial charge in [-0.2, -0.15) is 0 Å². The largest absolute Gasteiger partial charge is 0.399 e. The number of carbonyl (C=O) groups excluding carboxylic acids is 1. The molecule has 1 aliphatic rings. The fourth-order valence-corrected chi connectivity index (χ4v) is 3.40. The van der Waals surface area contributed by atoms with Gasteiger partial charge in [-0.25, -0.2) is 4.39 Å². The zero-order chi connectivity index (χ0) is 16.9. The van der Waals surface area contributed by atoms with Crippen molar-refractivity contribution in [2.24, 2.45) is 0 Å². The van der Waals surface area contributed by atoms with Gasteiger partial charge in [0.15, 0.2) is 0 Å². The zero-order valence-corrected chi connectivity index (χ0v) is 15.0. The Morgan fingerprint density at radius 1 is 1.12 bits per heavy atom. The third-order valence-corrected chi connectivity index (χ3v) is 4.71. The molecule has 2 aromatic rings. The van der Waals surface area contributed by atoms with Crippen molar-refractivity contribution in [2.75, 3.05) is 12.3 Å². The maximum atomic E-state index is 13.0. The number of hydrogen-bond donors (Lipinski definition) is 1. The van der Waals surface area contributed by atoms with E-state index in [9.17, 15) is 9.18 Å². The summed E-state index contributed by atoms with van der Waals surface area (Å²) in [5, 5.41) is 0. The lowest BCUT2D eigenvalue weighted by atomic mass is 10.1. The number of halogens is 2. The zero-order valence-electron chi connectivity index (χ0n) is 14.2. The summed E-state index contributed by atoms with van der Waals surface area (Å²) in [6.07, 6.45) is 5.17. The molecular formula is C20H24ClFN2O. The van der Waals surface area contributed by atoms with Gasteiger partial charge >= 0.3 is 0 Å². The first-order valence-electron chi connectivity index (χ1n) is 8.54. The summed E-state index contributed by atoms with van der Waals surface area (Å²) in [6.45, 7) is 0.643.